The van der Waals surface area contributed by atoms with Gasteiger partial charge in [-0.1, -0.05) is 75.6 Å². The maximum Gasteiger partial charge on any atom is 0.407 e. The summed E-state index contributed by atoms with van der Waals surface area (Å²) in [4.78, 5) is 42.2. The highest BCUT2D eigenvalue weighted by Gasteiger charge is 2.40. The minimum Gasteiger partial charge on any atom is -0.465 e. The van der Waals surface area contributed by atoms with Crippen LogP contribution in [0.15, 0.2) is 24.3 Å². The highest BCUT2D eigenvalue weighted by atomic mass is 16.4. The van der Waals surface area contributed by atoms with E-state index in [-0.39, 0.29) is 37.5 Å². The van der Waals surface area contributed by atoms with Crippen LogP contribution in [0.25, 0.3) is 0 Å². The van der Waals surface area contributed by atoms with Gasteiger partial charge in [0.1, 0.15) is 6.04 Å². The van der Waals surface area contributed by atoms with E-state index in [1.165, 1.54) is 43.4 Å². The van der Waals surface area contributed by atoms with Crippen LogP contribution in [-0.4, -0.2) is 70.6 Å². The van der Waals surface area contributed by atoms with Crippen molar-refractivity contribution in [2.24, 2.45) is 11.7 Å². The second kappa shape index (κ2) is 13.9. The predicted octanol–water partition coefficient (Wildman–Crippen LogP) is 3.21. The molecule has 2 saturated carbocycles. The molecule has 38 heavy (non-hydrogen) atoms. The Morgan fingerprint density at radius 2 is 1.55 bits per heavy atom. The number of piperazine rings is 1. The molecule has 1 saturated heterocycles. The van der Waals surface area contributed by atoms with Gasteiger partial charge in [-0.15, -0.1) is 0 Å². The average molecular weight is 528 g/mol. The average Bonchev–Trinajstić information content (AvgIpc) is 2.96. The number of nitrogens with zero attached hydrogens (tertiary/aromatic N) is 2. The molecule has 9 heteroatoms. The number of nitrogens with two attached hydrogens (primary N) is 1. The van der Waals surface area contributed by atoms with Crippen LogP contribution in [0.3, 0.4) is 0 Å². The van der Waals surface area contributed by atoms with Crippen LogP contribution < -0.4 is 16.4 Å². The lowest BCUT2D eigenvalue weighted by atomic mass is 9.83. The van der Waals surface area contributed by atoms with E-state index in [4.69, 9.17) is 5.73 Å². The summed E-state index contributed by atoms with van der Waals surface area (Å²) < 4.78 is 0. The highest BCUT2D eigenvalue weighted by Crippen LogP contribution is 2.29. The number of rotatable bonds is 9. The van der Waals surface area contributed by atoms with Gasteiger partial charge >= 0.3 is 6.09 Å². The number of benzene rings is 1. The fourth-order valence-electron chi connectivity index (χ4n) is 6.30. The maximum atomic E-state index is 14.1. The Labute approximate surface area is 226 Å². The molecule has 1 aromatic rings. The van der Waals surface area contributed by atoms with Crippen LogP contribution in [-0.2, 0) is 22.7 Å². The van der Waals surface area contributed by atoms with E-state index in [0.29, 0.717) is 25.0 Å². The van der Waals surface area contributed by atoms with E-state index in [0.717, 1.165) is 43.2 Å². The van der Waals surface area contributed by atoms with Crippen LogP contribution in [0, 0.1) is 5.92 Å². The topological polar surface area (TPSA) is 128 Å². The normalized spacial score (nSPS) is 22.2. The third-order valence-electron chi connectivity index (χ3n) is 8.60. The van der Waals surface area contributed by atoms with Crippen LogP contribution >= 0.6 is 0 Å². The molecule has 3 aliphatic rings. The van der Waals surface area contributed by atoms with Crippen LogP contribution in [0.4, 0.5) is 4.79 Å². The van der Waals surface area contributed by atoms with Crippen LogP contribution in [0.1, 0.15) is 81.8 Å². The summed E-state index contributed by atoms with van der Waals surface area (Å²) in [6, 6.07) is 6.84. The molecule has 2 atom stereocenters. The summed E-state index contributed by atoms with van der Waals surface area (Å²) in [5, 5.41) is 16.3. The van der Waals surface area contributed by atoms with Crippen molar-refractivity contribution in [2.75, 3.05) is 19.6 Å². The Hall–Kier alpha value is -2.65. The number of carbonyl (C=O) groups excluding carboxylic acids is 2. The molecule has 1 aliphatic heterocycles. The molecule has 0 bridgehead atoms. The summed E-state index contributed by atoms with van der Waals surface area (Å²) in [6.07, 6.45) is 11.5. The minimum absolute atomic E-state index is 0.0153. The molecule has 0 aromatic heterocycles. The van der Waals surface area contributed by atoms with Gasteiger partial charge < -0.3 is 31.3 Å². The van der Waals surface area contributed by atoms with Crippen LogP contribution in [0.2, 0.25) is 0 Å². The Balaban J connectivity index is 1.48. The van der Waals surface area contributed by atoms with Crippen molar-refractivity contribution < 1.29 is 19.5 Å². The second-order valence-corrected chi connectivity index (χ2v) is 11.3. The summed E-state index contributed by atoms with van der Waals surface area (Å²) in [5.74, 6) is 0.137. The molecule has 5 N–H and O–H groups in total. The minimum atomic E-state index is -1.06. The molecule has 2 aliphatic carbocycles. The van der Waals surface area contributed by atoms with Gasteiger partial charge in [0.2, 0.25) is 11.8 Å². The van der Waals surface area contributed by atoms with Crippen molar-refractivity contribution in [1.29, 1.82) is 0 Å². The first-order valence-corrected chi connectivity index (χ1v) is 14.5. The summed E-state index contributed by atoms with van der Waals surface area (Å²) in [7, 11) is 0. The standard InChI is InChI=1S/C29H45N5O4/c30-18-22-11-13-23(14-12-22)19-31-27(35)26-20-33(29(37)38)15-16-34(26)28(36)25(17-21-7-3-1-4-8-21)32-24-9-5-2-6-10-24/h11-14,21,24-26,32H,1-10,15-20,30H2,(H,31,35)(H,37,38)/t25?,26-/m0/s1. The van der Waals surface area contributed by atoms with Crippen molar-refractivity contribution in [2.45, 2.75) is 102 Å². The zero-order valence-electron chi connectivity index (χ0n) is 22.6. The number of hydrogen-bond donors (Lipinski definition) is 4. The van der Waals surface area contributed by atoms with Gasteiger partial charge in [0.05, 0.1) is 12.6 Å². The van der Waals surface area contributed by atoms with Crippen molar-refractivity contribution in [1.82, 2.24) is 20.4 Å². The van der Waals surface area contributed by atoms with Gasteiger partial charge in [-0.2, -0.15) is 0 Å². The summed E-state index contributed by atoms with van der Waals surface area (Å²) in [5.41, 5.74) is 7.61. The van der Waals surface area contributed by atoms with Gasteiger partial charge in [-0.25, -0.2) is 4.79 Å². The van der Waals surface area contributed by atoms with E-state index >= 15 is 0 Å². The van der Waals surface area contributed by atoms with E-state index in [1.54, 1.807) is 4.90 Å². The lowest BCUT2D eigenvalue weighted by Gasteiger charge is -2.42. The first-order valence-electron chi connectivity index (χ1n) is 14.5. The van der Waals surface area contributed by atoms with Gasteiger partial charge in [0, 0.05) is 32.2 Å². The number of amides is 3. The Kier molecular flexibility index (Phi) is 10.4. The largest absolute Gasteiger partial charge is 0.465 e. The molecule has 1 unspecified atom stereocenters. The fourth-order valence-corrected chi connectivity index (χ4v) is 6.30. The molecule has 3 fully saturated rings. The molecular weight excluding hydrogens is 482 g/mol. The van der Waals surface area contributed by atoms with Gasteiger partial charge in [-0.3, -0.25) is 9.59 Å². The number of carboxylic acid groups (broad SMARTS) is 1. The molecule has 1 heterocycles. The molecule has 0 radical (unpaired) electrons. The third kappa shape index (κ3) is 7.69. The van der Waals surface area contributed by atoms with Gasteiger partial charge in [-0.05, 0) is 36.3 Å². The van der Waals surface area contributed by atoms with Crippen molar-refractivity contribution in [3.63, 3.8) is 0 Å². The summed E-state index contributed by atoms with van der Waals surface area (Å²) in [6.45, 7) is 1.18. The zero-order valence-corrected chi connectivity index (χ0v) is 22.6. The monoisotopic (exact) mass is 527 g/mol. The number of nitrogens with one attached hydrogen (secondary N) is 2. The third-order valence-corrected chi connectivity index (χ3v) is 8.60. The second-order valence-electron chi connectivity index (χ2n) is 11.3. The lowest BCUT2D eigenvalue weighted by Crippen LogP contribution is -2.64. The zero-order chi connectivity index (χ0) is 26.9. The first-order chi connectivity index (χ1) is 18.4. The van der Waals surface area contributed by atoms with Gasteiger partial charge in [0.25, 0.3) is 0 Å². The lowest BCUT2D eigenvalue weighted by molar-refractivity contribution is -0.145. The number of hydrogen-bond acceptors (Lipinski definition) is 5. The molecule has 3 amide bonds. The Morgan fingerprint density at radius 3 is 2.18 bits per heavy atom. The fraction of sp³-hybridized carbons (Fsp3) is 0.690. The van der Waals surface area contributed by atoms with E-state index in [2.05, 4.69) is 10.6 Å². The summed E-state index contributed by atoms with van der Waals surface area (Å²) >= 11 is 0. The van der Waals surface area contributed by atoms with E-state index in [9.17, 15) is 19.5 Å². The molecule has 210 valence electrons. The molecule has 0 spiro atoms. The number of carbonyl (C=O) groups is 3. The van der Waals surface area contributed by atoms with E-state index in [1.807, 2.05) is 24.3 Å². The highest BCUT2D eigenvalue weighted by molar-refractivity contribution is 5.90. The SMILES string of the molecule is NCc1ccc(CNC(=O)[C@@H]2CN(C(=O)O)CCN2C(=O)C(CC2CCCCC2)NC2CCCCC2)cc1. The predicted molar refractivity (Wildman–Crippen MR) is 146 cm³/mol. The smallest absolute Gasteiger partial charge is 0.407 e. The maximum absolute atomic E-state index is 14.1. The van der Waals surface area contributed by atoms with Crippen molar-refractivity contribution in [3.8, 4) is 0 Å². The van der Waals surface area contributed by atoms with Crippen LogP contribution in [0.5, 0.6) is 0 Å². The van der Waals surface area contributed by atoms with E-state index < -0.39 is 12.1 Å². The molecule has 4 rings (SSSR count). The first kappa shape index (κ1) is 28.4. The quantitative estimate of drug-likeness (QED) is 0.390. The molecule has 9 nitrogen and oxygen atoms in total. The Bertz CT molecular complexity index is 907. The van der Waals surface area contributed by atoms with Crippen molar-refractivity contribution in [3.05, 3.63) is 35.4 Å². The molecule has 1 aromatic carbocycles. The van der Waals surface area contributed by atoms with Crippen molar-refractivity contribution >= 4 is 17.9 Å². The van der Waals surface area contributed by atoms with Gasteiger partial charge in [0.15, 0.2) is 0 Å². The molecular formula is C29H45N5O4. The Morgan fingerprint density at radius 1 is 0.921 bits per heavy atom.